The third kappa shape index (κ3) is 11.1. The number of carbonyl (C=O) groups is 2. The van der Waals surface area contributed by atoms with Gasteiger partial charge < -0.3 is 59.8 Å². The Hall–Kier alpha value is -4.48. The highest BCUT2D eigenvalue weighted by atomic mass is 31.2. The van der Waals surface area contributed by atoms with Crippen LogP contribution < -0.4 is 20.6 Å². The van der Waals surface area contributed by atoms with Crippen molar-refractivity contribution in [3.05, 3.63) is 88.3 Å². The van der Waals surface area contributed by atoms with Gasteiger partial charge in [-0.2, -0.15) is 0 Å². The van der Waals surface area contributed by atoms with E-state index >= 15 is 0 Å². The molecule has 4 rings (SSSR count). The van der Waals surface area contributed by atoms with Crippen LogP contribution in [-0.2, 0) is 31.6 Å². The number of fused-ring (bicyclic) bond motifs is 1. The molecule has 20 heteroatoms. The number of aliphatic hydroxyl groups is 2. The van der Waals surface area contributed by atoms with Crippen LogP contribution in [-0.4, -0.2) is 88.3 Å². The number of carbonyl (C=O) groups excluding carboxylic acids is 2. The molecule has 10 N–H and O–H groups in total. The largest absolute Gasteiger partial charge is 0.504 e. The number of phenols is 2. The van der Waals surface area contributed by atoms with Gasteiger partial charge in [-0.25, -0.2) is 4.57 Å². The molecule has 0 saturated carbocycles. The van der Waals surface area contributed by atoms with Crippen molar-refractivity contribution >= 4 is 38.0 Å². The van der Waals surface area contributed by atoms with Crippen molar-refractivity contribution in [1.29, 1.82) is 0 Å². The number of benzene rings is 2. The number of ether oxygens (including phenoxy) is 1. The molecule has 1 unspecified atom stereocenters. The fourth-order valence-electron chi connectivity index (χ4n) is 5.49. The molecular formula is C36H46N3O15P2+. The van der Waals surface area contributed by atoms with E-state index in [4.69, 9.17) is 9.15 Å². The van der Waals surface area contributed by atoms with Gasteiger partial charge in [0, 0.05) is 54.8 Å². The van der Waals surface area contributed by atoms with Gasteiger partial charge in [0.25, 0.3) is 11.0 Å². The van der Waals surface area contributed by atoms with E-state index in [1.165, 1.54) is 59.4 Å². The van der Waals surface area contributed by atoms with Gasteiger partial charge in [-0.05, 0) is 49.6 Å². The summed E-state index contributed by atoms with van der Waals surface area (Å²) in [6.45, 7) is 7.09. The first-order valence-corrected chi connectivity index (χ1v) is 20.3. The van der Waals surface area contributed by atoms with Crippen LogP contribution >= 0.6 is 15.2 Å². The van der Waals surface area contributed by atoms with Crippen molar-refractivity contribution in [2.45, 2.75) is 63.9 Å². The lowest BCUT2D eigenvalue weighted by Gasteiger charge is -2.32. The van der Waals surface area contributed by atoms with Crippen molar-refractivity contribution in [3.8, 4) is 22.8 Å². The first kappa shape index (κ1) is 44.2. The quantitative estimate of drug-likeness (QED) is 0.0413. The number of rotatable bonds is 17. The molecule has 18 nitrogen and oxygen atoms in total. The van der Waals surface area contributed by atoms with Crippen molar-refractivity contribution in [2.75, 3.05) is 19.7 Å². The number of hydrogen-bond donors (Lipinski definition) is 10. The lowest BCUT2D eigenvalue weighted by molar-refractivity contribution is -0.703. The number of hydrogen-bond acceptors (Lipinski definition) is 11. The van der Waals surface area contributed by atoms with Gasteiger partial charge in [-0.15, -0.1) is 0 Å². The predicted octanol–water partition coefficient (Wildman–Crippen LogP) is 1.82. The van der Waals surface area contributed by atoms with Crippen LogP contribution in [0.2, 0.25) is 0 Å². The summed E-state index contributed by atoms with van der Waals surface area (Å²) in [7, 11) is -11.3. The van der Waals surface area contributed by atoms with E-state index in [-0.39, 0.29) is 55.0 Å². The molecule has 1 atom stereocenters. The number of nitrogens with zero attached hydrogens (tertiary/aromatic N) is 1. The van der Waals surface area contributed by atoms with Gasteiger partial charge in [0.1, 0.15) is 11.9 Å². The van der Waals surface area contributed by atoms with Gasteiger partial charge in [0.05, 0.1) is 17.6 Å². The topological polar surface area (TPSA) is 298 Å². The number of amides is 2. The molecule has 0 bridgehead atoms. The van der Waals surface area contributed by atoms with Gasteiger partial charge in [-0.3, -0.25) is 23.5 Å². The van der Waals surface area contributed by atoms with E-state index < -0.39 is 72.6 Å². The molecule has 0 aliphatic heterocycles. The Balaban J connectivity index is 1.24. The fourth-order valence-corrected chi connectivity index (χ4v) is 7.63. The molecule has 0 spiro atoms. The maximum atomic E-state index is 12.9. The average Bonchev–Trinajstić information content (AvgIpc) is 3.10. The lowest BCUT2D eigenvalue weighted by atomic mass is 9.89. The first-order valence-electron chi connectivity index (χ1n) is 17.1. The van der Waals surface area contributed by atoms with Crippen LogP contribution in [0.15, 0.2) is 76.2 Å². The van der Waals surface area contributed by atoms with Crippen LogP contribution in [0.5, 0.6) is 11.5 Å². The molecule has 2 aromatic heterocycles. The van der Waals surface area contributed by atoms with E-state index in [9.17, 15) is 63.5 Å². The highest BCUT2D eigenvalue weighted by Crippen LogP contribution is 2.68. The van der Waals surface area contributed by atoms with Gasteiger partial charge in [0.2, 0.25) is 11.7 Å². The number of nitrogens with one attached hydrogen (secondary N) is 2. The van der Waals surface area contributed by atoms with E-state index in [1.54, 1.807) is 39.8 Å². The molecule has 0 fully saturated rings. The summed E-state index contributed by atoms with van der Waals surface area (Å²) >= 11 is 0. The molecule has 2 amide bonds. The summed E-state index contributed by atoms with van der Waals surface area (Å²) in [5, 5.41) is 42.6. The predicted molar refractivity (Wildman–Crippen MR) is 200 cm³/mol. The Labute approximate surface area is 320 Å². The molecule has 0 aliphatic carbocycles. The van der Waals surface area contributed by atoms with Crippen molar-refractivity contribution in [3.63, 3.8) is 0 Å². The van der Waals surface area contributed by atoms with Crippen LogP contribution in [0, 0.1) is 5.41 Å². The molecule has 0 aliphatic rings. The van der Waals surface area contributed by atoms with Crippen LogP contribution in [0.1, 0.15) is 50.0 Å². The average molecular weight is 823 g/mol. The van der Waals surface area contributed by atoms with Crippen molar-refractivity contribution in [2.24, 2.45) is 5.41 Å². The third-order valence-electron chi connectivity index (χ3n) is 8.70. The zero-order valence-electron chi connectivity index (χ0n) is 30.9. The molecule has 0 radical (unpaired) electrons. The van der Waals surface area contributed by atoms with Crippen LogP contribution in [0.4, 0.5) is 0 Å². The second kappa shape index (κ2) is 16.9. The Morgan fingerprint density at radius 3 is 2.21 bits per heavy atom. The number of aromatic hydroxyl groups is 2. The molecule has 4 aromatic rings. The molecule has 56 heavy (non-hydrogen) atoms. The van der Waals surface area contributed by atoms with E-state index in [0.717, 1.165) is 0 Å². The summed E-state index contributed by atoms with van der Waals surface area (Å²) < 4.78 is 36.6. The molecule has 2 aromatic carbocycles. The molecular weight excluding hydrogens is 776 g/mol. The van der Waals surface area contributed by atoms with Gasteiger partial charge >= 0.3 is 15.2 Å². The van der Waals surface area contributed by atoms with Crippen LogP contribution in [0.25, 0.3) is 22.3 Å². The Bertz CT molecular complexity index is 2210. The monoisotopic (exact) mass is 822 g/mol. The fraction of sp³-hybridized carbons (Fsp3) is 0.389. The molecule has 304 valence electrons. The van der Waals surface area contributed by atoms with E-state index in [0.29, 0.717) is 11.1 Å². The zero-order chi connectivity index (χ0) is 41.9. The molecule has 0 saturated heterocycles. The normalized spacial score (nSPS) is 13.4. The Morgan fingerprint density at radius 1 is 0.946 bits per heavy atom. The summed E-state index contributed by atoms with van der Waals surface area (Å²) in [4.78, 5) is 75.9. The highest BCUT2D eigenvalue weighted by Gasteiger charge is 2.59. The van der Waals surface area contributed by atoms with Gasteiger partial charge in [0.15, 0.2) is 35.7 Å². The van der Waals surface area contributed by atoms with Crippen molar-refractivity contribution in [1.82, 2.24) is 10.6 Å². The smallest absolute Gasteiger partial charge is 0.369 e. The maximum Gasteiger partial charge on any atom is 0.369 e. The minimum Gasteiger partial charge on any atom is -0.504 e. The summed E-state index contributed by atoms with van der Waals surface area (Å²) in [5.41, 5.74) is -1.37. The number of aliphatic hydroxyl groups excluding tert-OH is 1. The SMILES string of the molecule is CC(C)(COC(C)(C)CNC(=O)c1ccc(-c2cc(=O)c3ccc(O)c(O)c3o2)cc1)CC(=O)NCC(O)C[n+]1cccc(CC(O)(P(=O)(O)O)P(=O)(O)O)c1. The Kier molecular flexibility index (Phi) is 13.4. The van der Waals surface area contributed by atoms with Crippen LogP contribution in [0.3, 0.4) is 0 Å². The second-order valence-corrected chi connectivity index (χ2v) is 18.8. The number of aromatic nitrogens is 1. The standard InChI is InChI=1S/C36H45N3O15P2/c1-34(2,16-30(43)37-17-25(40)19-39-13-5-6-22(18-39)15-36(46,55(47,48)49)56(50,51)52)21-53-35(3,4)20-38-33(45)24-9-7-23(8-10-24)29-14-28(42)26-11-12-27(41)31(44)32(26)54-29/h5-14,18,25,40,46H,15-17,19-21H2,1-4H3,(H7-,37,38,41,42,43,44,45,47,48,49,50,51,52)/p+1. The molecule has 2 heterocycles. The van der Waals surface area contributed by atoms with Crippen molar-refractivity contribution < 1.29 is 72.4 Å². The Morgan fingerprint density at radius 2 is 1.59 bits per heavy atom. The summed E-state index contributed by atoms with van der Waals surface area (Å²) in [5.74, 6) is -1.66. The zero-order valence-corrected chi connectivity index (χ0v) is 32.7. The minimum atomic E-state index is -5.67. The minimum absolute atomic E-state index is 0.0125. The number of pyridine rings is 1. The third-order valence-corrected chi connectivity index (χ3v) is 12.4. The number of phenolic OH excluding ortho intramolecular Hbond substituents is 2. The maximum absolute atomic E-state index is 12.9. The summed E-state index contributed by atoms with van der Waals surface area (Å²) in [6.07, 6.45) is 0.530. The van der Waals surface area contributed by atoms with E-state index in [2.05, 4.69) is 10.6 Å². The highest BCUT2D eigenvalue weighted by molar-refractivity contribution is 7.72. The lowest BCUT2D eigenvalue weighted by Crippen LogP contribution is -2.45. The first-order chi connectivity index (χ1) is 25.8. The summed E-state index contributed by atoms with van der Waals surface area (Å²) in [6, 6.07) is 12.7. The van der Waals surface area contributed by atoms with E-state index in [1.807, 2.05) is 0 Å². The second-order valence-electron chi connectivity index (χ2n) is 14.8. The van der Waals surface area contributed by atoms with Gasteiger partial charge in [-0.1, -0.05) is 26.0 Å².